The summed E-state index contributed by atoms with van der Waals surface area (Å²) in [4.78, 5) is 54.7. The Kier molecular flexibility index (Phi) is 15.7. The third-order valence-corrected chi connectivity index (χ3v) is 18.1. The van der Waals surface area contributed by atoms with Crippen LogP contribution in [0.15, 0.2) is 58.4 Å². The Morgan fingerprint density at radius 2 is 1.45 bits per heavy atom. The molecule has 4 heterocycles. The normalized spacial score (nSPS) is 48.9. The molecule has 1 saturated carbocycles. The maximum Gasteiger partial charge on any atom is 0.407 e. The van der Waals surface area contributed by atoms with Crippen LogP contribution in [-0.2, 0) is 47.5 Å². The van der Waals surface area contributed by atoms with E-state index in [1.807, 2.05) is 58.9 Å². The van der Waals surface area contributed by atoms with Gasteiger partial charge in [-0.3, -0.25) is 14.9 Å². The summed E-state index contributed by atoms with van der Waals surface area (Å²) in [6, 6.07) is -1.05. The van der Waals surface area contributed by atoms with Crippen LogP contribution in [0.3, 0.4) is 0 Å². The Morgan fingerprint density at radius 1 is 0.808 bits per heavy atom. The van der Waals surface area contributed by atoms with Crippen LogP contribution in [0.4, 0.5) is 4.79 Å². The highest BCUT2D eigenvalue weighted by Crippen LogP contribution is 2.61. The van der Waals surface area contributed by atoms with E-state index in [-0.39, 0.29) is 67.1 Å². The number of esters is 1. The van der Waals surface area contributed by atoms with E-state index in [0.29, 0.717) is 12.0 Å². The molecule has 5 fully saturated rings. The predicted octanol–water partition coefficient (Wildman–Crippen LogP) is 6.07. The molecule has 4 aliphatic heterocycles. The number of Topliss-reactive ketones (excluding diaryl/α,β-unsaturated/α-hetero) is 1. The van der Waals surface area contributed by atoms with Gasteiger partial charge in [-0.15, -0.1) is 0 Å². The van der Waals surface area contributed by atoms with Crippen LogP contribution >= 0.6 is 0 Å². The van der Waals surface area contributed by atoms with Crippen molar-refractivity contribution >= 4 is 17.8 Å². The second-order valence-electron chi connectivity index (χ2n) is 23.1. The number of aliphatic hydroxyl groups is 4. The molecule has 19 nitrogen and oxygen atoms in total. The molecule has 1 spiro atoms. The fraction of sp³-hybridized carbons (Fsp3) is 0.759. The Bertz CT molecular complexity index is 2300. The SMILES string of the molecule is COC(=O)N[C@H]1[C@@H](C)O[C@@H](O[C@H]2C/C=C(\C)[C@@H]3C=C[C@@H]4[C@@H](O[C@H]5C[C@@H](O[C@H]6C[C@@H](O)[C@@H](O)[C@H](C)O6)[C@@H](O)[C@H](C)O5)[C@@H](C)C[C@H](C)[C@H]4[C@]3(C)/C(O)=C3/C(=O)O[C@]4(C[C@@H](C)C(C)=C[C@H]4C=C2C)C3=O)C[C@]1(C)[N+](=O)[O-]. The van der Waals surface area contributed by atoms with Gasteiger partial charge in [0, 0.05) is 54.3 Å². The molecule has 0 unspecified atom stereocenters. The van der Waals surface area contributed by atoms with E-state index in [1.54, 1.807) is 20.8 Å². The summed E-state index contributed by atoms with van der Waals surface area (Å²) < 4.78 is 49.6. The van der Waals surface area contributed by atoms with Crippen LogP contribution < -0.4 is 5.32 Å². The third kappa shape index (κ3) is 9.88. The molecule has 4 saturated heterocycles. The van der Waals surface area contributed by atoms with Crippen molar-refractivity contribution < 1.29 is 77.6 Å². The van der Waals surface area contributed by atoms with E-state index >= 15 is 4.79 Å². The summed E-state index contributed by atoms with van der Waals surface area (Å²) in [5.41, 5.74) is -2.59. The maximum atomic E-state index is 15.4. The number of aliphatic hydroxyl groups excluding tert-OH is 4. The maximum absolute atomic E-state index is 15.4. The molecular formula is C54H78N2O17. The smallest absolute Gasteiger partial charge is 0.407 e. The number of nitro groups is 1. The van der Waals surface area contributed by atoms with Crippen LogP contribution in [0, 0.1) is 57.0 Å². The molecular weight excluding hydrogens is 949 g/mol. The summed E-state index contributed by atoms with van der Waals surface area (Å²) in [6.07, 6.45) is -0.223. The van der Waals surface area contributed by atoms with Gasteiger partial charge in [-0.1, -0.05) is 69.2 Å². The Morgan fingerprint density at radius 3 is 2.11 bits per heavy atom. The zero-order valence-corrected chi connectivity index (χ0v) is 44.2. The van der Waals surface area contributed by atoms with Crippen molar-refractivity contribution in [2.24, 2.45) is 46.8 Å². The number of ether oxygens (including phenoxy) is 8. The van der Waals surface area contributed by atoms with E-state index in [9.17, 15) is 40.1 Å². The van der Waals surface area contributed by atoms with Gasteiger partial charge in [-0.2, -0.15) is 0 Å². The topological polar surface area (TPSA) is 261 Å². The molecule has 4 aliphatic carbocycles. The van der Waals surface area contributed by atoms with Crippen LogP contribution in [0.2, 0.25) is 0 Å². The van der Waals surface area contributed by atoms with Crippen molar-refractivity contribution in [3.05, 3.63) is 68.5 Å². The van der Waals surface area contributed by atoms with Crippen LogP contribution in [0.5, 0.6) is 0 Å². The van der Waals surface area contributed by atoms with Gasteiger partial charge < -0.3 is 63.6 Å². The molecule has 8 aliphatic rings. The van der Waals surface area contributed by atoms with Crippen LogP contribution in [0.25, 0.3) is 0 Å². The van der Waals surface area contributed by atoms with Crippen LogP contribution in [0.1, 0.15) is 115 Å². The lowest BCUT2D eigenvalue weighted by Gasteiger charge is -2.56. The first-order valence-electron chi connectivity index (χ1n) is 26.1. The Labute approximate surface area is 427 Å². The minimum absolute atomic E-state index is 0.0148. The first-order valence-corrected chi connectivity index (χ1v) is 26.1. The highest BCUT2D eigenvalue weighted by atomic mass is 16.7. The molecule has 406 valence electrons. The zero-order valence-electron chi connectivity index (χ0n) is 44.2. The van der Waals surface area contributed by atoms with Crippen LogP contribution in [-0.4, -0.2) is 141 Å². The molecule has 8 rings (SSSR count). The molecule has 1 amide bonds. The van der Waals surface area contributed by atoms with Crippen molar-refractivity contribution in [1.29, 1.82) is 0 Å². The third-order valence-electron chi connectivity index (χ3n) is 18.1. The lowest BCUT2D eigenvalue weighted by atomic mass is 9.49. The second-order valence-corrected chi connectivity index (χ2v) is 23.1. The molecule has 0 aromatic heterocycles. The van der Waals surface area contributed by atoms with Gasteiger partial charge >= 0.3 is 12.1 Å². The molecule has 0 radical (unpaired) electrons. The number of methoxy groups -OCH3 is 1. The Balaban J connectivity index is 1.17. The average Bonchev–Trinajstić information content (AvgIpc) is 3.56. The fourth-order valence-electron chi connectivity index (χ4n) is 13.9. The highest BCUT2D eigenvalue weighted by molar-refractivity contribution is 6.26. The highest BCUT2D eigenvalue weighted by Gasteiger charge is 2.64. The first-order chi connectivity index (χ1) is 34.2. The first kappa shape index (κ1) is 55.2. The van der Waals surface area contributed by atoms with Crippen molar-refractivity contribution in [1.82, 2.24) is 5.32 Å². The second kappa shape index (κ2) is 20.8. The molecule has 0 aromatic carbocycles. The number of ketones is 1. The van der Waals surface area contributed by atoms with E-state index in [1.165, 1.54) is 14.0 Å². The zero-order chi connectivity index (χ0) is 53.4. The largest absolute Gasteiger partial charge is 0.511 e. The number of allylic oxidation sites excluding steroid dienone is 4. The summed E-state index contributed by atoms with van der Waals surface area (Å²) >= 11 is 0. The minimum atomic E-state index is -1.71. The molecule has 23 atom stereocenters. The van der Waals surface area contributed by atoms with Gasteiger partial charge in [-0.25, -0.2) is 9.59 Å². The van der Waals surface area contributed by atoms with E-state index in [0.717, 1.165) is 11.1 Å². The number of hydrogen-bond donors (Lipinski definition) is 5. The molecule has 73 heavy (non-hydrogen) atoms. The lowest BCUT2D eigenvalue weighted by Crippen LogP contribution is -2.65. The van der Waals surface area contributed by atoms with Gasteiger partial charge in [0.25, 0.3) is 0 Å². The van der Waals surface area contributed by atoms with Gasteiger partial charge in [0.15, 0.2) is 24.5 Å². The molecule has 2 bridgehead atoms. The molecule has 0 aromatic rings. The van der Waals surface area contributed by atoms with Crippen molar-refractivity contribution in [3.63, 3.8) is 0 Å². The monoisotopic (exact) mass is 1030 g/mol. The number of nitrogens with one attached hydrogen (secondary N) is 1. The Hall–Kier alpha value is -4.05. The number of amides is 1. The summed E-state index contributed by atoms with van der Waals surface area (Å²) in [5.74, 6) is -4.22. The van der Waals surface area contributed by atoms with Gasteiger partial charge in [0.1, 0.15) is 29.6 Å². The minimum Gasteiger partial charge on any atom is -0.511 e. The number of fused-ring (bicyclic) bond motifs is 4. The van der Waals surface area contributed by atoms with E-state index < -0.39 is 137 Å². The number of hydrogen-bond acceptors (Lipinski definition) is 17. The van der Waals surface area contributed by atoms with Crippen molar-refractivity contribution in [3.8, 4) is 0 Å². The fourth-order valence-corrected chi connectivity index (χ4v) is 13.9. The van der Waals surface area contributed by atoms with Gasteiger partial charge in [0.05, 0.1) is 56.3 Å². The molecule has 19 heteroatoms. The number of carbonyl (C=O) groups excluding carboxylic acids is 3. The average molecular weight is 1030 g/mol. The lowest BCUT2D eigenvalue weighted by molar-refractivity contribution is -0.584. The number of carbonyl (C=O) groups is 3. The standard InChI is InChI=1S/C54H78N2O17/c1-24-13-16-37(70-41-23-52(10,56(64)65)47(32(9)69-41)55-51(63)66-12)26(3)19-33-18-25(2)29(6)22-54(33)49(61)42(50(62)73-54)48(60)53(11)35(24)15-14-34-43(53)27(4)17-28(5)46(34)72-40-21-38(45(59)31(8)68-40)71-39-20-36(57)44(58)30(7)67-39/h13-15,18-19,27-41,43-47,57-60H,16-17,20-23H2,1-12H3,(H,55,63)/b24-13+,26-19?,48-42-/t27-,28-,29+,30-,31-,32+,33-,34-,35-,36+,37-,38+,39-,40-,41-,43+,44-,45-,46-,47-,52-,53+,54-/m0/s1. The summed E-state index contributed by atoms with van der Waals surface area (Å²) in [6.45, 7) is 20.3. The van der Waals surface area contributed by atoms with Crippen molar-refractivity contribution in [2.45, 2.75) is 206 Å². The quantitative estimate of drug-likeness (QED) is 0.0608. The summed E-state index contributed by atoms with van der Waals surface area (Å²) in [5, 5.41) is 60.5. The van der Waals surface area contributed by atoms with Gasteiger partial charge in [-0.05, 0) is 83.6 Å². The van der Waals surface area contributed by atoms with Crippen molar-refractivity contribution in [2.75, 3.05) is 7.11 Å². The number of nitrogens with zero attached hydrogens (tertiary/aromatic N) is 1. The molecule has 5 N–H and O–H groups in total. The number of alkyl carbamates (subject to hydrolysis) is 1. The van der Waals surface area contributed by atoms with E-state index in [4.69, 9.17) is 37.9 Å². The summed E-state index contributed by atoms with van der Waals surface area (Å²) in [7, 11) is 1.18. The van der Waals surface area contributed by atoms with Gasteiger partial charge in [0.2, 0.25) is 11.3 Å². The van der Waals surface area contributed by atoms with E-state index in [2.05, 4.69) is 25.2 Å². The predicted molar refractivity (Wildman–Crippen MR) is 262 cm³/mol. The number of rotatable bonds is 8.